The lowest BCUT2D eigenvalue weighted by molar-refractivity contribution is -0.133. The van der Waals surface area contributed by atoms with Crippen LogP contribution in [0.25, 0.3) is 11.4 Å². The monoisotopic (exact) mass is 312 g/mol. The second kappa shape index (κ2) is 7.14. The summed E-state index contributed by atoms with van der Waals surface area (Å²) < 4.78 is 20.0. The average Bonchev–Trinajstić information content (AvgIpc) is 2.85. The Morgan fingerprint density at radius 1 is 1.48 bits per heavy atom. The second-order valence-corrected chi connectivity index (χ2v) is 4.97. The van der Waals surface area contributed by atoms with Crippen molar-refractivity contribution in [3.63, 3.8) is 0 Å². The van der Waals surface area contributed by atoms with Gasteiger partial charge in [0.15, 0.2) is 11.0 Å². The van der Waals surface area contributed by atoms with Crippen LogP contribution in [0.1, 0.15) is 0 Å². The van der Waals surface area contributed by atoms with Crippen molar-refractivity contribution in [2.75, 3.05) is 19.5 Å². The van der Waals surface area contributed by atoms with Gasteiger partial charge in [-0.2, -0.15) is 0 Å². The zero-order valence-corrected chi connectivity index (χ0v) is 12.0. The number of carboxylic acid groups (broad SMARTS) is 1. The fourth-order valence-corrected chi connectivity index (χ4v) is 2.34. The van der Waals surface area contributed by atoms with Gasteiger partial charge in [-0.3, -0.25) is 14.3 Å². The molecule has 2 aromatic rings. The van der Waals surface area contributed by atoms with Gasteiger partial charge in [0, 0.05) is 18.9 Å². The van der Waals surface area contributed by atoms with Gasteiger partial charge in [0.25, 0.3) is 0 Å². The standard InChI is InChI=1S/C12H13FN4O3S/c1-20-3-2-17-11(8-4-9(13)6-14-5-8)15-16-12(17)21-7-10(18)19/h4-6H,2-3,7H2,1H3,(H,18,19). The molecule has 7 nitrogen and oxygen atoms in total. The van der Waals surface area contributed by atoms with Crippen LogP contribution >= 0.6 is 11.8 Å². The molecule has 0 aromatic carbocycles. The minimum atomic E-state index is -0.949. The molecule has 9 heteroatoms. The molecule has 0 saturated heterocycles. The van der Waals surface area contributed by atoms with Gasteiger partial charge >= 0.3 is 5.97 Å². The number of carboxylic acids is 1. The smallest absolute Gasteiger partial charge is 0.313 e. The predicted octanol–water partition coefficient (Wildman–Crippen LogP) is 1.30. The van der Waals surface area contributed by atoms with Crippen LogP contribution in [0.2, 0.25) is 0 Å². The zero-order valence-electron chi connectivity index (χ0n) is 11.2. The highest BCUT2D eigenvalue weighted by Gasteiger charge is 2.16. The van der Waals surface area contributed by atoms with E-state index in [1.165, 1.54) is 12.3 Å². The first-order valence-corrected chi connectivity index (χ1v) is 6.98. The summed E-state index contributed by atoms with van der Waals surface area (Å²) in [4.78, 5) is 14.4. The van der Waals surface area contributed by atoms with E-state index in [9.17, 15) is 9.18 Å². The van der Waals surface area contributed by atoms with E-state index in [0.717, 1.165) is 18.0 Å². The SMILES string of the molecule is COCCn1c(SCC(=O)O)nnc1-c1cncc(F)c1. The molecule has 0 spiro atoms. The third-order valence-corrected chi connectivity index (χ3v) is 3.48. The minimum Gasteiger partial charge on any atom is -0.481 e. The summed E-state index contributed by atoms with van der Waals surface area (Å²) in [5, 5.41) is 17.1. The van der Waals surface area contributed by atoms with E-state index in [-0.39, 0.29) is 5.75 Å². The number of methoxy groups -OCH3 is 1. The molecule has 0 aliphatic heterocycles. The van der Waals surface area contributed by atoms with E-state index in [2.05, 4.69) is 15.2 Å². The first-order chi connectivity index (χ1) is 10.1. The highest BCUT2D eigenvalue weighted by Crippen LogP contribution is 2.23. The van der Waals surface area contributed by atoms with Crippen molar-refractivity contribution in [1.29, 1.82) is 0 Å². The Morgan fingerprint density at radius 3 is 2.95 bits per heavy atom. The van der Waals surface area contributed by atoms with Gasteiger partial charge in [0.05, 0.1) is 25.1 Å². The molecule has 0 fully saturated rings. The number of rotatable bonds is 7. The van der Waals surface area contributed by atoms with Crippen molar-refractivity contribution in [2.24, 2.45) is 0 Å². The zero-order chi connectivity index (χ0) is 15.2. The maximum absolute atomic E-state index is 13.3. The lowest BCUT2D eigenvalue weighted by atomic mass is 10.2. The van der Waals surface area contributed by atoms with Crippen LogP contribution in [0.5, 0.6) is 0 Å². The Kier molecular flexibility index (Phi) is 5.23. The van der Waals surface area contributed by atoms with Crippen LogP contribution < -0.4 is 0 Å². The Hall–Kier alpha value is -2.00. The molecule has 1 N–H and O–H groups in total. The Labute approximate surface area is 124 Å². The molecule has 2 aromatic heterocycles. The third-order valence-electron chi connectivity index (χ3n) is 2.52. The number of carbonyl (C=O) groups is 1. The van der Waals surface area contributed by atoms with Crippen molar-refractivity contribution >= 4 is 17.7 Å². The molecular formula is C12H13FN4O3S. The van der Waals surface area contributed by atoms with Crippen LogP contribution in [0.15, 0.2) is 23.6 Å². The van der Waals surface area contributed by atoms with Crippen LogP contribution in [-0.2, 0) is 16.1 Å². The van der Waals surface area contributed by atoms with Crippen LogP contribution in [-0.4, -0.2) is 50.3 Å². The fraction of sp³-hybridized carbons (Fsp3) is 0.333. The second-order valence-electron chi connectivity index (χ2n) is 4.02. The van der Waals surface area contributed by atoms with E-state index in [4.69, 9.17) is 9.84 Å². The normalized spacial score (nSPS) is 10.8. The number of nitrogens with zero attached hydrogens (tertiary/aromatic N) is 4. The topological polar surface area (TPSA) is 90.1 Å². The Balaban J connectivity index is 2.33. The summed E-state index contributed by atoms with van der Waals surface area (Å²) in [6.45, 7) is 0.825. The molecule has 0 bridgehead atoms. The van der Waals surface area contributed by atoms with Gasteiger partial charge in [0.1, 0.15) is 5.82 Å². The number of hydrogen-bond donors (Lipinski definition) is 1. The summed E-state index contributed by atoms with van der Waals surface area (Å²) in [5.41, 5.74) is 0.473. The quantitative estimate of drug-likeness (QED) is 0.771. The van der Waals surface area contributed by atoms with Crippen LogP contribution in [0.4, 0.5) is 4.39 Å². The number of halogens is 1. The van der Waals surface area contributed by atoms with Gasteiger partial charge in [-0.05, 0) is 6.07 Å². The summed E-state index contributed by atoms with van der Waals surface area (Å²) in [7, 11) is 1.55. The lowest BCUT2D eigenvalue weighted by Gasteiger charge is -2.08. The molecule has 0 radical (unpaired) electrons. The van der Waals surface area contributed by atoms with Crippen molar-refractivity contribution in [3.8, 4) is 11.4 Å². The van der Waals surface area contributed by atoms with E-state index < -0.39 is 11.8 Å². The largest absolute Gasteiger partial charge is 0.481 e. The van der Waals surface area contributed by atoms with Crippen molar-refractivity contribution in [3.05, 3.63) is 24.3 Å². The molecule has 0 aliphatic rings. The average molecular weight is 312 g/mol. The van der Waals surface area contributed by atoms with Crippen molar-refractivity contribution < 1.29 is 19.0 Å². The maximum Gasteiger partial charge on any atom is 0.313 e. The summed E-state index contributed by atoms with van der Waals surface area (Å²) in [6.07, 6.45) is 2.57. The summed E-state index contributed by atoms with van der Waals surface area (Å²) >= 11 is 1.05. The molecule has 21 heavy (non-hydrogen) atoms. The molecule has 112 valence electrons. The number of pyridine rings is 1. The van der Waals surface area contributed by atoms with Crippen LogP contribution in [0.3, 0.4) is 0 Å². The van der Waals surface area contributed by atoms with Gasteiger partial charge < -0.3 is 9.84 Å². The van der Waals surface area contributed by atoms with Gasteiger partial charge in [-0.25, -0.2) is 4.39 Å². The van der Waals surface area contributed by atoms with E-state index in [0.29, 0.717) is 29.7 Å². The number of thioether (sulfide) groups is 1. The van der Waals surface area contributed by atoms with Gasteiger partial charge in [0.2, 0.25) is 0 Å². The highest BCUT2D eigenvalue weighted by atomic mass is 32.2. The molecule has 0 unspecified atom stereocenters. The number of ether oxygens (including phenoxy) is 1. The first-order valence-electron chi connectivity index (χ1n) is 5.99. The fourth-order valence-electron chi connectivity index (χ4n) is 1.65. The number of hydrogen-bond acceptors (Lipinski definition) is 6. The van der Waals surface area contributed by atoms with Crippen molar-refractivity contribution in [2.45, 2.75) is 11.7 Å². The Bertz CT molecular complexity index is 635. The molecule has 2 rings (SSSR count). The van der Waals surface area contributed by atoms with Crippen molar-refractivity contribution in [1.82, 2.24) is 19.7 Å². The van der Waals surface area contributed by atoms with E-state index >= 15 is 0 Å². The van der Waals surface area contributed by atoms with E-state index in [1.54, 1.807) is 11.7 Å². The Morgan fingerprint density at radius 2 is 2.29 bits per heavy atom. The highest BCUT2D eigenvalue weighted by molar-refractivity contribution is 7.99. The number of aromatic nitrogens is 4. The molecule has 0 aliphatic carbocycles. The number of aliphatic carboxylic acids is 1. The van der Waals surface area contributed by atoms with Crippen LogP contribution in [0, 0.1) is 5.82 Å². The predicted molar refractivity (Wildman–Crippen MR) is 73.4 cm³/mol. The van der Waals surface area contributed by atoms with Gasteiger partial charge in [-0.1, -0.05) is 11.8 Å². The summed E-state index contributed by atoms with van der Waals surface area (Å²) in [6, 6.07) is 1.30. The molecular weight excluding hydrogens is 299 g/mol. The first kappa shape index (κ1) is 15.4. The molecule has 0 atom stereocenters. The molecule has 0 amide bonds. The van der Waals surface area contributed by atoms with E-state index in [1.807, 2.05) is 0 Å². The molecule has 0 saturated carbocycles. The third kappa shape index (κ3) is 3.99. The van der Waals surface area contributed by atoms with Gasteiger partial charge in [-0.15, -0.1) is 10.2 Å². The minimum absolute atomic E-state index is 0.132. The lowest BCUT2D eigenvalue weighted by Crippen LogP contribution is -2.09. The maximum atomic E-state index is 13.3. The summed E-state index contributed by atoms with van der Waals surface area (Å²) in [5.74, 6) is -1.14. The molecule has 2 heterocycles.